The number of amides is 1. The summed E-state index contributed by atoms with van der Waals surface area (Å²) in [5.41, 5.74) is -0.441. The van der Waals surface area contributed by atoms with Gasteiger partial charge in [-0.3, -0.25) is 9.78 Å². The van der Waals surface area contributed by atoms with Crippen molar-refractivity contribution < 1.29 is 18.0 Å². The number of hydrogen-bond acceptors (Lipinski definition) is 3. The summed E-state index contributed by atoms with van der Waals surface area (Å²) in [6, 6.07) is 3.82. The van der Waals surface area contributed by atoms with E-state index in [0.29, 0.717) is 11.1 Å². The van der Waals surface area contributed by atoms with Crippen LogP contribution in [0.2, 0.25) is 0 Å². The highest BCUT2D eigenvalue weighted by Gasteiger charge is 2.46. The minimum atomic E-state index is -4.50. The first kappa shape index (κ1) is 16.0. The lowest BCUT2D eigenvalue weighted by molar-refractivity contribution is -0.141. The topological polar surface area (TPSA) is 33.2 Å². The SMILES string of the molecule is CC(c1ccnc(C(F)(F)F)c1)N1C(=O)c2ccsc2C1(C)C. The van der Waals surface area contributed by atoms with Gasteiger partial charge in [-0.1, -0.05) is 0 Å². The van der Waals surface area contributed by atoms with Gasteiger partial charge in [0.15, 0.2) is 0 Å². The molecule has 1 aliphatic rings. The standard InChI is InChI=1S/C16H15F3N2OS/c1-9(10-4-6-20-12(8-10)16(17,18)19)21-14(22)11-5-7-23-13(11)15(21,2)3/h4-9H,1-3H3. The summed E-state index contributed by atoms with van der Waals surface area (Å²) in [5, 5.41) is 1.86. The molecule has 0 spiro atoms. The van der Waals surface area contributed by atoms with Gasteiger partial charge in [0, 0.05) is 11.1 Å². The molecule has 3 heterocycles. The van der Waals surface area contributed by atoms with E-state index in [1.54, 1.807) is 17.9 Å². The van der Waals surface area contributed by atoms with E-state index in [0.717, 1.165) is 17.1 Å². The normalized spacial score (nSPS) is 18.2. The largest absolute Gasteiger partial charge is 0.433 e. The van der Waals surface area contributed by atoms with Crippen LogP contribution in [0.3, 0.4) is 0 Å². The third-order valence-electron chi connectivity index (χ3n) is 4.22. The number of aromatic nitrogens is 1. The molecule has 0 fully saturated rings. The predicted molar refractivity (Wildman–Crippen MR) is 81.2 cm³/mol. The van der Waals surface area contributed by atoms with Gasteiger partial charge in [0.05, 0.1) is 17.1 Å². The molecule has 0 radical (unpaired) electrons. The molecule has 1 aliphatic heterocycles. The average Bonchev–Trinajstić information content (AvgIpc) is 3.02. The zero-order valence-electron chi connectivity index (χ0n) is 12.8. The van der Waals surface area contributed by atoms with E-state index in [4.69, 9.17) is 0 Å². The van der Waals surface area contributed by atoms with Crippen LogP contribution in [0, 0.1) is 0 Å². The summed E-state index contributed by atoms with van der Waals surface area (Å²) in [6.07, 6.45) is -3.36. The summed E-state index contributed by atoms with van der Waals surface area (Å²) in [7, 11) is 0. The Morgan fingerprint density at radius 2 is 2.00 bits per heavy atom. The van der Waals surface area contributed by atoms with Gasteiger partial charge in [-0.05, 0) is 49.9 Å². The smallest absolute Gasteiger partial charge is 0.322 e. The van der Waals surface area contributed by atoms with E-state index >= 15 is 0 Å². The summed E-state index contributed by atoms with van der Waals surface area (Å²) < 4.78 is 38.6. The lowest BCUT2D eigenvalue weighted by atomic mass is 9.99. The van der Waals surface area contributed by atoms with Gasteiger partial charge in [-0.25, -0.2) is 0 Å². The minimum absolute atomic E-state index is 0.149. The van der Waals surface area contributed by atoms with Gasteiger partial charge in [0.25, 0.3) is 5.91 Å². The maximum absolute atomic E-state index is 12.9. The fourth-order valence-electron chi connectivity index (χ4n) is 3.12. The molecule has 1 amide bonds. The molecule has 2 aromatic rings. The van der Waals surface area contributed by atoms with Gasteiger partial charge in [-0.2, -0.15) is 13.2 Å². The van der Waals surface area contributed by atoms with Gasteiger partial charge in [0.2, 0.25) is 0 Å². The van der Waals surface area contributed by atoms with Crippen LogP contribution in [0.4, 0.5) is 13.2 Å². The quantitative estimate of drug-likeness (QED) is 0.799. The van der Waals surface area contributed by atoms with Crippen LogP contribution in [0.5, 0.6) is 0 Å². The molecule has 23 heavy (non-hydrogen) atoms. The van der Waals surface area contributed by atoms with E-state index in [-0.39, 0.29) is 5.91 Å². The van der Waals surface area contributed by atoms with Crippen molar-refractivity contribution in [3.8, 4) is 0 Å². The highest BCUT2D eigenvalue weighted by Crippen LogP contribution is 2.46. The van der Waals surface area contributed by atoms with Crippen LogP contribution in [0.15, 0.2) is 29.8 Å². The van der Waals surface area contributed by atoms with Crippen LogP contribution in [0.25, 0.3) is 0 Å². The Morgan fingerprint density at radius 1 is 1.30 bits per heavy atom. The van der Waals surface area contributed by atoms with Crippen LogP contribution < -0.4 is 0 Å². The number of hydrogen-bond donors (Lipinski definition) is 0. The monoisotopic (exact) mass is 340 g/mol. The number of alkyl halides is 3. The van der Waals surface area contributed by atoms with E-state index in [1.165, 1.54) is 17.4 Å². The Morgan fingerprint density at radius 3 is 2.61 bits per heavy atom. The third kappa shape index (κ3) is 2.43. The lowest BCUT2D eigenvalue weighted by Gasteiger charge is -2.37. The number of nitrogens with zero attached hydrogens (tertiary/aromatic N) is 2. The van der Waals surface area contributed by atoms with Gasteiger partial charge < -0.3 is 4.90 Å². The molecule has 0 saturated carbocycles. The van der Waals surface area contributed by atoms with Crippen molar-refractivity contribution in [2.75, 3.05) is 0 Å². The molecule has 1 atom stereocenters. The van der Waals surface area contributed by atoms with Crippen LogP contribution >= 0.6 is 11.3 Å². The van der Waals surface area contributed by atoms with E-state index in [9.17, 15) is 18.0 Å². The second-order valence-corrected chi connectivity index (χ2v) is 6.96. The molecule has 3 nitrogen and oxygen atoms in total. The maximum Gasteiger partial charge on any atom is 0.433 e. The molecule has 3 rings (SSSR count). The van der Waals surface area contributed by atoms with Gasteiger partial charge in [-0.15, -0.1) is 11.3 Å². The van der Waals surface area contributed by atoms with E-state index in [2.05, 4.69) is 4.98 Å². The highest BCUT2D eigenvalue weighted by atomic mass is 32.1. The van der Waals surface area contributed by atoms with E-state index in [1.807, 2.05) is 19.2 Å². The average molecular weight is 340 g/mol. The number of carbonyl (C=O) groups is 1. The van der Waals surface area contributed by atoms with Crippen LogP contribution in [0.1, 0.15) is 53.3 Å². The highest BCUT2D eigenvalue weighted by molar-refractivity contribution is 7.10. The Hall–Kier alpha value is -1.89. The molecule has 0 aliphatic carbocycles. The molecular weight excluding hydrogens is 325 g/mol. The number of thiophene rings is 1. The molecule has 122 valence electrons. The van der Waals surface area contributed by atoms with Gasteiger partial charge >= 0.3 is 6.18 Å². The van der Waals surface area contributed by atoms with Crippen molar-refractivity contribution in [3.63, 3.8) is 0 Å². The second-order valence-electron chi connectivity index (χ2n) is 6.05. The summed E-state index contributed by atoms with van der Waals surface area (Å²) in [6.45, 7) is 5.57. The first-order valence-corrected chi connectivity index (χ1v) is 7.97. The fraction of sp³-hybridized carbons (Fsp3) is 0.375. The van der Waals surface area contributed by atoms with Crippen molar-refractivity contribution in [2.24, 2.45) is 0 Å². The number of pyridine rings is 1. The Kier molecular flexibility index (Phi) is 3.51. The Bertz CT molecular complexity index is 767. The number of rotatable bonds is 2. The first-order valence-electron chi connectivity index (χ1n) is 7.09. The predicted octanol–water partition coefficient (Wildman–Crippen LogP) is 4.61. The van der Waals surface area contributed by atoms with E-state index < -0.39 is 23.5 Å². The summed E-state index contributed by atoms with van der Waals surface area (Å²) >= 11 is 1.49. The first-order chi connectivity index (χ1) is 10.6. The second kappa shape index (κ2) is 5.06. The van der Waals surface area contributed by atoms with Crippen molar-refractivity contribution >= 4 is 17.2 Å². The number of carbonyl (C=O) groups excluding carboxylic acids is 1. The molecular formula is C16H15F3N2OS. The maximum atomic E-state index is 12.9. The van der Waals surface area contributed by atoms with Gasteiger partial charge in [0.1, 0.15) is 5.69 Å². The van der Waals surface area contributed by atoms with Crippen LogP contribution in [-0.4, -0.2) is 15.8 Å². The zero-order valence-corrected chi connectivity index (χ0v) is 13.6. The number of fused-ring (bicyclic) bond motifs is 1. The Balaban J connectivity index is 2.00. The van der Waals surface area contributed by atoms with Crippen molar-refractivity contribution in [1.82, 2.24) is 9.88 Å². The lowest BCUT2D eigenvalue weighted by Crippen LogP contribution is -2.40. The third-order valence-corrected chi connectivity index (χ3v) is 5.44. The summed E-state index contributed by atoms with van der Waals surface area (Å²) in [4.78, 5) is 18.6. The Labute approximate surface area is 135 Å². The minimum Gasteiger partial charge on any atom is -0.322 e. The van der Waals surface area contributed by atoms with Crippen LogP contribution in [-0.2, 0) is 11.7 Å². The molecule has 1 unspecified atom stereocenters. The molecule has 0 aromatic carbocycles. The molecule has 0 N–H and O–H groups in total. The van der Waals surface area contributed by atoms with Crippen molar-refractivity contribution in [1.29, 1.82) is 0 Å². The zero-order chi connectivity index (χ0) is 17.0. The molecule has 2 aromatic heterocycles. The number of halogens is 3. The van der Waals surface area contributed by atoms with Crippen molar-refractivity contribution in [2.45, 2.75) is 38.5 Å². The fourth-order valence-corrected chi connectivity index (χ4v) is 4.12. The van der Waals surface area contributed by atoms with Crippen molar-refractivity contribution in [3.05, 3.63) is 51.5 Å². The molecule has 7 heteroatoms. The molecule has 0 bridgehead atoms. The molecule has 0 saturated heterocycles. The summed E-state index contributed by atoms with van der Waals surface area (Å²) in [5.74, 6) is -0.149.